The van der Waals surface area contributed by atoms with Gasteiger partial charge in [-0.05, 0) is 49.6 Å². The standard InChI is InChI=1S/C26H33NO6S/c1-6-32-18-10-8-17(9-11-18)22-21(26(30)33-12-13-34-7-2)16(4)27-19-14-15(3)20(25(29)31-5)24(28)23(19)22/h8-11,15,20,22,27H,6-7,12-14H2,1-5H3/t15-,20+,22-/m1/s1. The number of ether oxygens (including phenoxy) is 3. The molecule has 34 heavy (non-hydrogen) atoms. The van der Waals surface area contributed by atoms with E-state index in [4.69, 9.17) is 14.2 Å². The van der Waals surface area contributed by atoms with E-state index in [0.29, 0.717) is 41.4 Å². The second-order valence-electron chi connectivity index (χ2n) is 8.37. The number of rotatable bonds is 9. The highest BCUT2D eigenvalue weighted by atomic mass is 32.2. The van der Waals surface area contributed by atoms with Gasteiger partial charge in [0.25, 0.3) is 0 Å². The molecular formula is C26H33NO6S. The van der Waals surface area contributed by atoms with Gasteiger partial charge in [-0.2, -0.15) is 11.8 Å². The van der Waals surface area contributed by atoms with Crippen LogP contribution in [-0.2, 0) is 23.9 Å². The summed E-state index contributed by atoms with van der Waals surface area (Å²) < 4.78 is 16.1. The molecule has 3 atom stereocenters. The number of dihydropyridines is 1. The van der Waals surface area contributed by atoms with Crippen molar-refractivity contribution in [1.29, 1.82) is 0 Å². The third kappa shape index (κ3) is 5.32. The van der Waals surface area contributed by atoms with Gasteiger partial charge in [-0.15, -0.1) is 0 Å². The molecular weight excluding hydrogens is 454 g/mol. The van der Waals surface area contributed by atoms with Crippen LogP contribution in [0.3, 0.4) is 0 Å². The number of hydrogen-bond donors (Lipinski definition) is 1. The molecule has 0 amide bonds. The molecule has 0 aromatic heterocycles. The summed E-state index contributed by atoms with van der Waals surface area (Å²) in [6, 6.07) is 7.37. The fourth-order valence-corrected chi connectivity index (χ4v) is 5.11. The Morgan fingerprint density at radius 2 is 1.88 bits per heavy atom. The van der Waals surface area contributed by atoms with Gasteiger partial charge in [0.1, 0.15) is 18.3 Å². The van der Waals surface area contributed by atoms with Gasteiger partial charge in [-0.1, -0.05) is 26.0 Å². The Bertz CT molecular complexity index is 997. The number of ketones is 1. The maximum Gasteiger partial charge on any atom is 0.336 e. The van der Waals surface area contributed by atoms with E-state index >= 15 is 0 Å². The summed E-state index contributed by atoms with van der Waals surface area (Å²) in [7, 11) is 1.29. The molecule has 7 nitrogen and oxygen atoms in total. The summed E-state index contributed by atoms with van der Waals surface area (Å²) in [5.74, 6) is -0.775. The first-order valence-electron chi connectivity index (χ1n) is 11.6. The first kappa shape index (κ1) is 25.9. The highest BCUT2D eigenvalue weighted by Gasteiger charge is 2.47. The van der Waals surface area contributed by atoms with Crippen molar-refractivity contribution in [3.63, 3.8) is 0 Å². The fourth-order valence-electron chi connectivity index (χ4n) is 4.62. The second-order valence-corrected chi connectivity index (χ2v) is 9.76. The number of carbonyl (C=O) groups excluding carboxylic acids is 3. The Morgan fingerprint density at radius 1 is 1.18 bits per heavy atom. The second kappa shape index (κ2) is 11.6. The molecule has 0 saturated heterocycles. The molecule has 184 valence electrons. The van der Waals surface area contributed by atoms with Crippen molar-refractivity contribution < 1.29 is 28.6 Å². The smallest absolute Gasteiger partial charge is 0.336 e. The number of benzene rings is 1. The summed E-state index contributed by atoms with van der Waals surface area (Å²) in [6.07, 6.45) is 0.501. The molecule has 1 aliphatic heterocycles. The molecule has 0 saturated carbocycles. The number of allylic oxidation sites excluding steroid dienone is 3. The molecule has 1 aliphatic carbocycles. The lowest BCUT2D eigenvalue weighted by atomic mass is 9.69. The highest BCUT2D eigenvalue weighted by Crippen LogP contribution is 2.45. The summed E-state index contributed by atoms with van der Waals surface area (Å²) >= 11 is 1.69. The van der Waals surface area contributed by atoms with Crippen LogP contribution in [0, 0.1) is 11.8 Å². The van der Waals surface area contributed by atoms with E-state index in [1.807, 2.05) is 52.0 Å². The van der Waals surface area contributed by atoms with Crippen LogP contribution in [0.4, 0.5) is 0 Å². The fraction of sp³-hybridized carbons (Fsp3) is 0.500. The maximum atomic E-state index is 13.7. The summed E-state index contributed by atoms with van der Waals surface area (Å²) in [6.45, 7) is 8.46. The van der Waals surface area contributed by atoms with Crippen molar-refractivity contribution >= 4 is 29.5 Å². The zero-order valence-corrected chi connectivity index (χ0v) is 21.3. The predicted molar refractivity (Wildman–Crippen MR) is 131 cm³/mol. The zero-order valence-electron chi connectivity index (χ0n) is 20.4. The summed E-state index contributed by atoms with van der Waals surface area (Å²) in [5.41, 5.74) is 2.97. The molecule has 0 bridgehead atoms. The van der Waals surface area contributed by atoms with Crippen molar-refractivity contribution in [3.8, 4) is 5.75 Å². The maximum absolute atomic E-state index is 13.7. The monoisotopic (exact) mass is 487 g/mol. The van der Waals surface area contributed by atoms with E-state index in [-0.39, 0.29) is 18.3 Å². The lowest BCUT2D eigenvalue weighted by molar-refractivity contribution is -0.151. The SMILES string of the molecule is CCOc1ccc([C@@H]2C(C(=O)OCCSCC)=C(C)NC3=C2C(=O)[C@@H](C(=O)OC)[C@H](C)C3)cc1. The molecule has 0 unspecified atom stereocenters. The Kier molecular flexibility index (Phi) is 8.83. The van der Waals surface area contributed by atoms with Crippen molar-refractivity contribution in [2.75, 3.05) is 31.8 Å². The van der Waals surface area contributed by atoms with Crippen molar-refractivity contribution in [1.82, 2.24) is 5.32 Å². The third-order valence-electron chi connectivity index (χ3n) is 6.15. The zero-order chi connectivity index (χ0) is 24.8. The van der Waals surface area contributed by atoms with Gasteiger partial charge in [0.05, 0.1) is 19.3 Å². The minimum absolute atomic E-state index is 0.223. The first-order chi connectivity index (χ1) is 16.3. The molecule has 0 spiro atoms. The van der Waals surface area contributed by atoms with Crippen LogP contribution in [0.1, 0.15) is 45.6 Å². The Balaban J connectivity index is 2.06. The molecule has 2 aliphatic rings. The number of carbonyl (C=O) groups is 3. The molecule has 1 aromatic rings. The summed E-state index contributed by atoms with van der Waals surface area (Å²) in [4.78, 5) is 39.5. The van der Waals surface area contributed by atoms with Crippen molar-refractivity contribution in [2.24, 2.45) is 11.8 Å². The Morgan fingerprint density at radius 3 is 2.50 bits per heavy atom. The van der Waals surface area contributed by atoms with Crippen LogP contribution in [0.2, 0.25) is 0 Å². The van der Waals surface area contributed by atoms with Gasteiger partial charge in [0.15, 0.2) is 5.78 Å². The van der Waals surface area contributed by atoms with Gasteiger partial charge in [-0.25, -0.2) is 4.79 Å². The van der Waals surface area contributed by atoms with E-state index in [1.54, 1.807) is 11.8 Å². The topological polar surface area (TPSA) is 90.9 Å². The predicted octanol–water partition coefficient (Wildman–Crippen LogP) is 3.99. The van der Waals surface area contributed by atoms with Crippen LogP contribution in [0.25, 0.3) is 0 Å². The minimum atomic E-state index is -0.910. The highest BCUT2D eigenvalue weighted by molar-refractivity contribution is 7.99. The number of Topliss-reactive ketones (excluding diaryl/α,β-unsaturated/α-hetero) is 1. The van der Waals surface area contributed by atoms with Gasteiger partial charge in [0, 0.05) is 28.6 Å². The number of hydrogen-bond acceptors (Lipinski definition) is 8. The Labute approximate surface area is 205 Å². The molecule has 0 radical (unpaired) electrons. The molecule has 1 aromatic carbocycles. The average Bonchev–Trinajstić information content (AvgIpc) is 2.81. The normalized spacial score (nSPS) is 22.1. The van der Waals surface area contributed by atoms with E-state index in [9.17, 15) is 14.4 Å². The number of nitrogens with one attached hydrogen (secondary N) is 1. The molecule has 1 heterocycles. The van der Waals surface area contributed by atoms with Crippen LogP contribution in [-0.4, -0.2) is 49.6 Å². The molecule has 8 heteroatoms. The third-order valence-corrected chi connectivity index (χ3v) is 7.02. The average molecular weight is 488 g/mol. The molecule has 3 rings (SSSR count). The molecule has 0 fully saturated rings. The van der Waals surface area contributed by atoms with Gasteiger partial charge in [-0.3, -0.25) is 9.59 Å². The Hall–Kier alpha value is -2.74. The quantitative estimate of drug-likeness (QED) is 0.318. The van der Waals surface area contributed by atoms with Gasteiger partial charge >= 0.3 is 11.9 Å². The summed E-state index contributed by atoms with van der Waals surface area (Å²) in [5, 5.41) is 3.28. The van der Waals surface area contributed by atoms with E-state index in [2.05, 4.69) is 5.32 Å². The first-order valence-corrected chi connectivity index (χ1v) is 12.8. The van der Waals surface area contributed by atoms with Gasteiger partial charge < -0.3 is 19.5 Å². The van der Waals surface area contributed by atoms with Crippen molar-refractivity contribution in [3.05, 3.63) is 52.4 Å². The largest absolute Gasteiger partial charge is 0.494 e. The van der Waals surface area contributed by atoms with E-state index in [0.717, 1.165) is 17.0 Å². The van der Waals surface area contributed by atoms with Crippen LogP contribution in [0.5, 0.6) is 5.75 Å². The number of thioether (sulfide) groups is 1. The van der Waals surface area contributed by atoms with Gasteiger partial charge in [0.2, 0.25) is 0 Å². The lowest BCUT2D eigenvalue weighted by Crippen LogP contribution is -2.43. The van der Waals surface area contributed by atoms with E-state index in [1.165, 1.54) is 7.11 Å². The van der Waals surface area contributed by atoms with Crippen LogP contribution in [0.15, 0.2) is 46.8 Å². The molecule has 1 N–H and O–H groups in total. The van der Waals surface area contributed by atoms with Crippen LogP contribution >= 0.6 is 11.8 Å². The van der Waals surface area contributed by atoms with Crippen LogP contribution < -0.4 is 10.1 Å². The van der Waals surface area contributed by atoms with E-state index < -0.39 is 23.8 Å². The minimum Gasteiger partial charge on any atom is -0.494 e. The number of methoxy groups -OCH3 is 1. The van der Waals surface area contributed by atoms with Crippen molar-refractivity contribution in [2.45, 2.75) is 40.0 Å². The lowest BCUT2D eigenvalue weighted by Gasteiger charge is -2.38. The number of esters is 2.